The highest BCUT2D eigenvalue weighted by Crippen LogP contribution is 2.34. The molecule has 112 valence electrons. The predicted molar refractivity (Wildman–Crippen MR) is 75.2 cm³/mol. The Morgan fingerprint density at radius 3 is 2.80 bits per heavy atom. The van der Waals surface area contributed by atoms with Gasteiger partial charge in [0.25, 0.3) is 10.0 Å². The lowest BCUT2D eigenvalue weighted by molar-refractivity contribution is -0.146. The molecule has 1 aliphatic carbocycles. The van der Waals surface area contributed by atoms with Crippen LogP contribution in [0.5, 0.6) is 0 Å². The molecule has 1 aliphatic rings. The molecule has 0 saturated heterocycles. The van der Waals surface area contributed by atoms with Crippen LogP contribution < -0.4 is 4.72 Å². The molecule has 0 radical (unpaired) electrons. The van der Waals surface area contributed by atoms with Gasteiger partial charge in [0.1, 0.15) is 5.54 Å². The minimum absolute atomic E-state index is 0.0638. The van der Waals surface area contributed by atoms with Crippen molar-refractivity contribution in [2.24, 2.45) is 5.92 Å². The number of sulfonamides is 1. The minimum Gasteiger partial charge on any atom is -0.480 e. The maximum atomic E-state index is 12.3. The average Bonchev–Trinajstić information content (AvgIpc) is 2.76. The van der Waals surface area contributed by atoms with Crippen LogP contribution in [0.1, 0.15) is 37.6 Å². The van der Waals surface area contributed by atoms with Crippen LogP contribution in [0.4, 0.5) is 0 Å². The molecule has 0 amide bonds. The van der Waals surface area contributed by atoms with Crippen LogP contribution in [0.2, 0.25) is 0 Å². The summed E-state index contributed by atoms with van der Waals surface area (Å²) in [5, 5.41) is 10.1. The standard InChI is InChI=1S/C12H18N2O4S2/c1-8-4-3-5-12(6-8,11(15)16)14-20(17,18)10-7-13-9(2)19-10/h7-8,14H,3-6H2,1-2H3,(H,15,16). The molecule has 2 N–H and O–H groups in total. The van der Waals surface area contributed by atoms with Gasteiger partial charge >= 0.3 is 5.97 Å². The Hall–Kier alpha value is -0.990. The second kappa shape index (κ2) is 5.42. The fraction of sp³-hybridized carbons (Fsp3) is 0.667. The summed E-state index contributed by atoms with van der Waals surface area (Å²) >= 11 is 1.04. The van der Waals surface area contributed by atoms with Gasteiger partial charge in [-0.15, -0.1) is 11.3 Å². The summed E-state index contributed by atoms with van der Waals surface area (Å²) in [5.41, 5.74) is -1.39. The van der Waals surface area contributed by atoms with Gasteiger partial charge < -0.3 is 5.11 Å². The number of aliphatic carboxylic acids is 1. The van der Waals surface area contributed by atoms with Crippen LogP contribution in [-0.2, 0) is 14.8 Å². The van der Waals surface area contributed by atoms with Gasteiger partial charge in [-0.2, -0.15) is 4.72 Å². The van der Waals surface area contributed by atoms with E-state index in [9.17, 15) is 18.3 Å². The molecule has 0 aromatic carbocycles. The quantitative estimate of drug-likeness (QED) is 0.882. The van der Waals surface area contributed by atoms with E-state index >= 15 is 0 Å². The van der Waals surface area contributed by atoms with Gasteiger partial charge in [0.05, 0.1) is 11.2 Å². The molecule has 1 fully saturated rings. The molecule has 0 spiro atoms. The molecular weight excluding hydrogens is 300 g/mol. The van der Waals surface area contributed by atoms with Gasteiger partial charge in [-0.1, -0.05) is 19.8 Å². The van der Waals surface area contributed by atoms with Crippen molar-refractivity contribution >= 4 is 27.3 Å². The number of hydrogen-bond acceptors (Lipinski definition) is 5. The third kappa shape index (κ3) is 3.02. The Labute approximate surface area is 122 Å². The van der Waals surface area contributed by atoms with E-state index in [2.05, 4.69) is 9.71 Å². The fourth-order valence-electron chi connectivity index (χ4n) is 2.66. The van der Waals surface area contributed by atoms with E-state index in [0.29, 0.717) is 24.3 Å². The van der Waals surface area contributed by atoms with Crippen LogP contribution in [0.15, 0.2) is 10.4 Å². The van der Waals surface area contributed by atoms with E-state index in [0.717, 1.165) is 17.8 Å². The predicted octanol–water partition coefficient (Wildman–Crippen LogP) is 1.76. The van der Waals surface area contributed by atoms with Gasteiger partial charge in [-0.3, -0.25) is 4.79 Å². The lowest BCUT2D eigenvalue weighted by atomic mass is 9.77. The maximum absolute atomic E-state index is 12.3. The zero-order chi connectivity index (χ0) is 15.0. The second-order valence-electron chi connectivity index (χ2n) is 5.39. The van der Waals surface area contributed by atoms with Crippen LogP contribution in [-0.4, -0.2) is 30.0 Å². The first-order valence-electron chi connectivity index (χ1n) is 6.45. The van der Waals surface area contributed by atoms with Crippen molar-refractivity contribution in [1.29, 1.82) is 0 Å². The molecule has 2 unspecified atom stereocenters. The Bertz CT molecular complexity index is 611. The number of aryl methyl sites for hydroxylation is 1. The topological polar surface area (TPSA) is 96.4 Å². The van der Waals surface area contributed by atoms with Crippen molar-refractivity contribution in [2.75, 3.05) is 0 Å². The van der Waals surface area contributed by atoms with Crippen molar-refractivity contribution in [1.82, 2.24) is 9.71 Å². The lowest BCUT2D eigenvalue weighted by Gasteiger charge is -2.36. The largest absolute Gasteiger partial charge is 0.480 e. The Morgan fingerprint density at radius 2 is 2.30 bits per heavy atom. The van der Waals surface area contributed by atoms with E-state index in [4.69, 9.17) is 0 Å². The number of nitrogens with zero attached hydrogens (tertiary/aromatic N) is 1. The number of nitrogens with one attached hydrogen (secondary N) is 1. The number of hydrogen-bond donors (Lipinski definition) is 2. The number of carbonyl (C=O) groups is 1. The minimum atomic E-state index is -3.84. The highest BCUT2D eigenvalue weighted by atomic mass is 32.2. The first kappa shape index (κ1) is 15.4. The van der Waals surface area contributed by atoms with E-state index in [1.54, 1.807) is 6.92 Å². The normalized spacial score (nSPS) is 27.4. The van der Waals surface area contributed by atoms with Gasteiger partial charge in [0.2, 0.25) is 0 Å². The van der Waals surface area contributed by atoms with Crippen molar-refractivity contribution in [3.8, 4) is 0 Å². The highest BCUT2D eigenvalue weighted by Gasteiger charge is 2.45. The smallest absolute Gasteiger partial charge is 0.324 e. The molecule has 20 heavy (non-hydrogen) atoms. The van der Waals surface area contributed by atoms with E-state index in [1.807, 2.05) is 6.92 Å². The first-order chi connectivity index (χ1) is 9.25. The summed E-state index contributed by atoms with van der Waals surface area (Å²) in [4.78, 5) is 15.5. The summed E-state index contributed by atoms with van der Waals surface area (Å²) < 4.78 is 27.1. The van der Waals surface area contributed by atoms with Crippen LogP contribution in [0, 0.1) is 12.8 Å². The summed E-state index contributed by atoms with van der Waals surface area (Å²) in [6.45, 7) is 3.65. The molecular formula is C12H18N2O4S2. The summed E-state index contributed by atoms with van der Waals surface area (Å²) in [6, 6.07) is 0. The van der Waals surface area contributed by atoms with Gasteiger partial charge in [0, 0.05) is 0 Å². The Balaban J connectivity index is 2.31. The van der Waals surface area contributed by atoms with Crippen molar-refractivity contribution in [3.05, 3.63) is 11.2 Å². The summed E-state index contributed by atoms with van der Waals surface area (Å²) in [6.07, 6.45) is 3.54. The zero-order valence-corrected chi connectivity index (χ0v) is 13.1. The van der Waals surface area contributed by atoms with Crippen molar-refractivity contribution in [2.45, 2.75) is 49.3 Å². The van der Waals surface area contributed by atoms with Crippen molar-refractivity contribution < 1.29 is 18.3 Å². The number of rotatable bonds is 4. The monoisotopic (exact) mass is 318 g/mol. The molecule has 0 aliphatic heterocycles. The third-order valence-corrected chi connectivity index (χ3v) is 6.51. The molecule has 1 saturated carbocycles. The molecule has 2 rings (SSSR count). The molecule has 1 heterocycles. The van der Waals surface area contributed by atoms with Gasteiger partial charge in [0.15, 0.2) is 4.21 Å². The molecule has 6 nitrogen and oxygen atoms in total. The summed E-state index contributed by atoms with van der Waals surface area (Å²) in [5.74, 6) is -0.917. The van der Waals surface area contributed by atoms with Crippen LogP contribution in [0.25, 0.3) is 0 Å². The lowest BCUT2D eigenvalue weighted by Crippen LogP contribution is -2.56. The average molecular weight is 318 g/mol. The Morgan fingerprint density at radius 1 is 1.60 bits per heavy atom. The van der Waals surface area contributed by atoms with E-state index in [-0.39, 0.29) is 10.1 Å². The first-order valence-corrected chi connectivity index (χ1v) is 8.75. The third-order valence-electron chi connectivity index (χ3n) is 3.60. The molecule has 1 aromatic heterocycles. The van der Waals surface area contributed by atoms with Crippen molar-refractivity contribution in [3.63, 3.8) is 0 Å². The van der Waals surface area contributed by atoms with Gasteiger partial charge in [-0.25, -0.2) is 13.4 Å². The molecule has 2 atom stereocenters. The molecule has 1 aromatic rings. The number of carboxylic acids is 1. The highest BCUT2D eigenvalue weighted by molar-refractivity contribution is 7.91. The number of aromatic nitrogens is 1. The fourth-order valence-corrected chi connectivity index (χ4v) is 5.16. The van der Waals surface area contributed by atoms with E-state index in [1.165, 1.54) is 6.20 Å². The van der Waals surface area contributed by atoms with Gasteiger partial charge in [-0.05, 0) is 25.7 Å². The SMILES string of the molecule is Cc1ncc(S(=O)(=O)NC2(C(=O)O)CCCC(C)C2)s1. The second-order valence-corrected chi connectivity index (χ2v) is 8.54. The summed E-state index contributed by atoms with van der Waals surface area (Å²) in [7, 11) is -3.84. The number of thiazole rings is 1. The maximum Gasteiger partial charge on any atom is 0.324 e. The molecule has 8 heteroatoms. The molecule has 0 bridgehead atoms. The zero-order valence-electron chi connectivity index (χ0n) is 11.4. The van der Waals surface area contributed by atoms with E-state index < -0.39 is 21.5 Å². The number of carboxylic acid groups (broad SMARTS) is 1. The Kier molecular flexibility index (Phi) is 4.17. The van der Waals surface area contributed by atoms with Crippen LogP contribution >= 0.6 is 11.3 Å². The van der Waals surface area contributed by atoms with Crippen LogP contribution in [0.3, 0.4) is 0 Å².